The molecule has 0 aromatic carbocycles. The van der Waals surface area contributed by atoms with Gasteiger partial charge in [0.25, 0.3) is 0 Å². The smallest absolute Gasteiger partial charge is 0.328 e. The monoisotopic (exact) mass is 286 g/mol. The molecule has 0 saturated heterocycles. The zero-order valence-electron chi connectivity index (χ0n) is 13.1. The summed E-state index contributed by atoms with van der Waals surface area (Å²) in [5.41, 5.74) is 0. The maximum atomic E-state index is 12.2. The van der Waals surface area contributed by atoms with E-state index >= 15 is 0 Å². The number of carbonyl (C=O) groups is 3. The number of carbonyl (C=O) groups excluding carboxylic acids is 3. The number of methoxy groups -OCH3 is 1. The van der Waals surface area contributed by atoms with Crippen molar-refractivity contribution < 1.29 is 19.1 Å². The molecule has 0 spiro atoms. The first-order chi connectivity index (χ1) is 9.18. The van der Waals surface area contributed by atoms with Crippen LogP contribution in [-0.4, -0.2) is 37.0 Å². The average Bonchev–Trinajstić information content (AvgIpc) is 2.32. The zero-order chi connectivity index (χ0) is 15.9. The summed E-state index contributed by atoms with van der Waals surface area (Å²) in [6, 6.07) is -1.35. The molecule has 0 aliphatic rings. The lowest BCUT2D eigenvalue weighted by atomic mass is 10.0. The first kappa shape index (κ1) is 18.4. The van der Waals surface area contributed by atoms with Crippen LogP contribution in [0.5, 0.6) is 0 Å². The van der Waals surface area contributed by atoms with E-state index in [0.29, 0.717) is 6.42 Å². The van der Waals surface area contributed by atoms with E-state index in [1.165, 1.54) is 14.0 Å². The Bertz CT molecular complexity index is 353. The van der Waals surface area contributed by atoms with Crippen LogP contribution < -0.4 is 10.6 Å². The van der Waals surface area contributed by atoms with E-state index in [9.17, 15) is 14.4 Å². The fraction of sp³-hybridized carbons (Fsp3) is 0.786. The molecule has 0 aliphatic carbocycles. The van der Waals surface area contributed by atoms with Gasteiger partial charge in [0, 0.05) is 6.92 Å². The molecule has 0 bridgehead atoms. The summed E-state index contributed by atoms with van der Waals surface area (Å²) in [6.45, 7) is 8.92. The lowest BCUT2D eigenvalue weighted by Crippen LogP contribution is -2.53. The third-order valence-corrected chi connectivity index (χ3v) is 2.82. The minimum absolute atomic E-state index is 0.0940. The second-order valence-electron chi connectivity index (χ2n) is 5.64. The lowest BCUT2D eigenvalue weighted by molar-refractivity contribution is -0.146. The zero-order valence-corrected chi connectivity index (χ0v) is 13.1. The third-order valence-electron chi connectivity index (χ3n) is 2.82. The van der Waals surface area contributed by atoms with Gasteiger partial charge in [-0.2, -0.15) is 0 Å². The summed E-state index contributed by atoms with van der Waals surface area (Å²) in [4.78, 5) is 35.0. The summed E-state index contributed by atoms with van der Waals surface area (Å²) >= 11 is 0. The van der Waals surface area contributed by atoms with Gasteiger partial charge in [-0.1, -0.05) is 27.7 Å². The van der Waals surface area contributed by atoms with Crippen molar-refractivity contribution in [2.75, 3.05) is 7.11 Å². The minimum Gasteiger partial charge on any atom is -0.467 e. The van der Waals surface area contributed by atoms with Crippen molar-refractivity contribution in [2.45, 2.75) is 53.1 Å². The normalized spacial score (nSPS) is 13.8. The average molecular weight is 286 g/mol. The van der Waals surface area contributed by atoms with Gasteiger partial charge in [-0.25, -0.2) is 4.79 Å². The summed E-state index contributed by atoms with van der Waals surface area (Å²) in [6.07, 6.45) is 0.511. The van der Waals surface area contributed by atoms with E-state index in [2.05, 4.69) is 15.4 Å². The molecular weight excluding hydrogens is 260 g/mol. The van der Waals surface area contributed by atoms with Gasteiger partial charge < -0.3 is 15.4 Å². The van der Waals surface area contributed by atoms with Gasteiger partial charge in [0.05, 0.1) is 7.11 Å². The van der Waals surface area contributed by atoms with Crippen molar-refractivity contribution in [1.29, 1.82) is 0 Å². The molecule has 2 amide bonds. The Morgan fingerprint density at radius 3 is 1.95 bits per heavy atom. The SMILES string of the molecule is COC(=O)[C@@H](NC(=O)[C@H](CC(C)C)NC(C)=O)C(C)C. The van der Waals surface area contributed by atoms with Crippen LogP contribution in [0.4, 0.5) is 0 Å². The lowest BCUT2D eigenvalue weighted by Gasteiger charge is -2.24. The Morgan fingerprint density at radius 2 is 1.60 bits per heavy atom. The molecule has 0 heterocycles. The summed E-state index contributed by atoms with van der Waals surface area (Å²) in [7, 11) is 1.28. The van der Waals surface area contributed by atoms with Crippen molar-refractivity contribution >= 4 is 17.8 Å². The highest BCUT2D eigenvalue weighted by Gasteiger charge is 2.29. The first-order valence-electron chi connectivity index (χ1n) is 6.84. The molecule has 0 rings (SSSR count). The fourth-order valence-corrected chi connectivity index (χ4v) is 1.83. The fourth-order valence-electron chi connectivity index (χ4n) is 1.83. The predicted octanol–water partition coefficient (Wildman–Crippen LogP) is 0.851. The van der Waals surface area contributed by atoms with Crippen LogP contribution in [0.15, 0.2) is 0 Å². The van der Waals surface area contributed by atoms with Gasteiger partial charge in [-0.15, -0.1) is 0 Å². The van der Waals surface area contributed by atoms with Crippen molar-refractivity contribution in [1.82, 2.24) is 10.6 Å². The van der Waals surface area contributed by atoms with Gasteiger partial charge in [-0.05, 0) is 18.3 Å². The Morgan fingerprint density at radius 1 is 1.05 bits per heavy atom. The number of amides is 2. The van der Waals surface area contributed by atoms with Gasteiger partial charge in [0.2, 0.25) is 11.8 Å². The Balaban J connectivity index is 4.86. The molecule has 0 saturated carbocycles. The van der Waals surface area contributed by atoms with Gasteiger partial charge in [0.1, 0.15) is 12.1 Å². The van der Waals surface area contributed by atoms with E-state index in [0.717, 1.165) is 0 Å². The molecule has 0 radical (unpaired) electrons. The summed E-state index contributed by atoms with van der Waals surface area (Å²) in [5.74, 6) is -0.973. The maximum absolute atomic E-state index is 12.2. The number of esters is 1. The molecule has 0 fully saturated rings. The third kappa shape index (κ3) is 6.54. The molecule has 6 heteroatoms. The van der Waals surface area contributed by atoms with Crippen LogP contribution in [0.25, 0.3) is 0 Å². The number of nitrogens with one attached hydrogen (secondary N) is 2. The van der Waals surface area contributed by atoms with Crippen LogP contribution in [0.2, 0.25) is 0 Å². The molecule has 2 atom stereocenters. The Labute approximate surface area is 120 Å². The van der Waals surface area contributed by atoms with E-state index in [-0.39, 0.29) is 23.7 Å². The maximum Gasteiger partial charge on any atom is 0.328 e. The number of hydrogen-bond acceptors (Lipinski definition) is 4. The van der Waals surface area contributed by atoms with Gasteiger partial charge >= 0.3 is 5.97 Å². The largest absolute Gasteiger partial charge is 0.467 e. The molecule has 2 N–H and O–H groups in total. The highest BCUT2D eigenvalue weighted by Crippen LogP contribution is 2.08. The quantitative estimate of drug-likeness (QED) is 0.680. The van der Waals surface area contributed by atoms with Crippen LogP contribution in [-0.2, 0) is 19.1 Å². The number of ether oxygens (including phenoxy) is 1. The molecule has 0 aromatic heterocycles. The van der Waals surface area contributed by atoms with Crippen molar-refractivity contribution in [3.05, 3.63) is 0 Å². The van der Waals surface area contributed by atoms with Crippen LogP contribution in [0.1, 0.15) is 41.0 Å². The van der Waals surface area contributed by atoms with E-state index in [1.807, 2.05) is 27.7 Å². The van der Waals surface area contributed by atoms with Crippen molar-refractivity contribution in [3.8, 4) is 0 Å². The second-order valence-corrected chi connectivity index (χ2v) is 5.64. The van der Waals surface area contributed by atoms with E-state index in [1.54, 1.807) is 0 Å². The molecular formula is C14H26N2O4. The highest BCUT2D eigenvalue weighted by molar-refractivity contribution is 5.90. The highest BCUT2D eigenvalue weighted by atomic mass is 16.5. The Kier molecular flexibility index (Phi) is 7.87. The van der Waals surface area contributed by atoms with Crippen molar-refractivity contribution in [3.63, 3.8) is 0 Å². The van der Waals surface area contributed by atoms with E-state index in [4.69, 9.17) is 0 Å². The Hall–Kier alpha value is -1.59. The number of hydrogen-bond donors (Lipinski definition) is 2. The standard InChI is InChI=1S/C14H26N2O4/c1-8(2)7-11(15-10(5)17)13(18)16-12(9(3)4)14(19)20-6/h8-9,11-12H,7H2,1-6H3,(H,15,17)(H,16,18)/t11-,12-/m0/s1. The van der Waals surface area contributed by atoms with Crippen LogP contribution in [0.3, 0.4) is 0 Å². The summed E-state index contributed by atoms with van der Waals surface area (Å²) < 4.78 is 4.68. The van der Waals surface area contributed by atoms with Gasteiger partial charge in [0.15, 0.2) is 0 Å². The predicted molar refractivity (Wildman–Crippen MR) is 75.8 cm³/mol. The van der Waals surface area contributed by atoms with Gasteiger partial charge in [-0.3, -0.25) is 9.59 Å². The topological polar surface area (TPSA) is 84.5 Å². The van der Waals surface area contributed by atoms with Crippen LogP contribution in [0, 0.1) is 11.8 Å². The minimum atomic E-state index is -0.712. The molecule has 6 nitrogen and oxygen atoms in total. The first-order valence-corrected chi connectivity index (χ1v) is 6.84. The van der Waals surface area contributed by atoms with Crippen molar-refractivity contribution in [2.24, 2.45) is 11.8 Å². The summed E-state index contributed by atoms with van der Waals surface area (Å²) in [5, 5.41) is 5.26. The second kappa shape index (κ2) is 8.55. The van der Waals surface area contributed by atoms with Crippen LogP contribution >= 0.6 is 0 Å². The molecule has 116 valence electrons. The van der Waals surface area contributed by atoms with E-state index < -0.39 is 18.1 Å². The molecule has 0 unspecified atom stereocenters. The number of rotatable bonds is 7. The molecule has 20 heavy (non-hydrogen) atoms. The molecule has 0 aromatic rings. The molecule has 0 aliphatic heterocycles.